The van der Waals surface area contributed by atoms with Gasteiger partial charge in [0.15, 0.2) is 0 Å². The molecule has 0 aliphatic carbocycles. The van der Waals surface area contributed by atoms with Crippen LogP contribution in [0.5, 0.6) is 0 Å². The SMILES string of the molecule is c1ccc(-c2ccccc2-c2c(-c3ccccc3)cccc2N(c2ccc(-c3cccc4c3oc3ccccc34)cc2)c2ccc(-c3cccc4oc5ccccc5c34)cc2)cc1. The third kappa shape index (κ3) is 6.29. The van der Waals surface area contributed by atoms with Crippen molar-refractivity contribution < 1.29 is 8.83 Å². The maximum absolute atomic E-state index is 6.50. The second kappa shape index (κ2) is 15.3. The molecule has 10 aromatic carbocycles. The van der Waals surface area contributed by atoms with Crippen LogP contribution in [0.25, 0.3) is 99.5 Å². The van der Waals surface area contributed by atoms with Gasteiger partial charge in [0.1, 0.15) is 22.3 Å². The van der Waals surface area contributed by atoms with Crippen LogP contribution in [0.2, 0.25) is 0 Å². The lowest BCUT2D eigenvalue weighted by Gasteiger charge is -2.30. The molecule has 0 bridgehead atoms. The van der Waals surface area contributed by atoms with Gasteiger partial charge >= 0.3 is 0 Å². The van der Waals surface area contributed by atoms with E-state index in [0.29, 0.717) is 0 Å². The van der Waals surface area contributed by atoms with Crippen molar-refractivity contribution in [3.05, 3.63) is 237 Å². The van der Waals surface area contributed by atoms with Crippen molar-refractivity contribution in [1.29, 1.82) is 0 Å². The molecule has 296 valence electrons. The number of furan rings is 2. The highest BCUT2D eigenvalue weighted by molar-refractivity contribution is 6.13. The first-order valence-corrected chi connectivity index (χ1v) is 21.4. The van der Waals surface area contributed by atoms with Crippen molar-refractivity contribution >= 4 is 60.9 Å². The highest BCUT2D eigenvalue weighted by atomic mass is 16.3. The first kappa shape index (κ1) is 36.5. The van der Waals surface area contributed by atoms with Gasteiger partial charge in [-0.15, -0.1) is 0 Å². The van der Waals surface area contributed by atoms with Gasteiger partial charge in [-0.2, -0.15) is 0 Å². The van der Waals surface area contributed by atoms with Crippen LogP contribution in [-0.4, -0.2) is 0 Å². The van der Waals surface area contributed by atoms with Gasteiger partial charge in [0.25, 0.3) is 0 Å². The lowest BCUT2D eigenvalue weighted by Crippen LogP contribution is -2.12. The molecule has 0 atom stereocenters. The van der Waals surface area contributed by atoms with E-state index in [9.17, 15) is 0 Å². The largest absolute Gasteiger partial charge is 0.456 e. The zero-order valence-electron chi connectivity index (χ0n) is 34.3. The monoisotopic (exact) mass is 805 g/mol. The lowest BCUT2D eigenvalue weighted by atomic mass is 9.87. The molecule has 0 unspecified atom stereocenters. The molecule has 0 amide bonds. The number of fused-ring (bicyclic) bond motifs is 6. The van der Waals surface area contributed by atoms with E-state index >= 15 is 0 Å². The Morgan fingerprint density at radius 2 is 0.730 bits per heavy atom. The Morgan fingerprint density at radius 1 is 0.270 bits per heavy atom. The Bertz CT molecular complexity index is 3600. The second-order valence-corrected chi connectivity index (χ2v) is 16.0. The number of rotatable bonds is 8. The van der Waals surface area contributed by atoms with E-state index in [0.717, 1.165) is 105 Å². The van der Waals surface area contributed by atoms with Gasteiger partial charge in [0, 0.05) is 44.0 Å². The third-order valence-corrected chi connectivity index (χ3v) is 12.3. The third-order valence-electron chi connectivity index (χ3n) is 12.3. The van der Waals surface area contributed by atoms with Crippen LogP contribution in [0.15, 0.2) is 245 Å². The predicted octanol–water partition coefficient (Wildman–Crippen LogP) is 17.3. The van der Waals surface area contributed by atoms with Crippen molar-refractivity contribution in [2.45, 2.75) is 0 Å². The number of hydrogen-bond acceptors (Lipinski definition) is 3. The van der Waals surface area contributed by atoms with Crippen molar-refractivity contribution in [2.24, 2.45) is 0 Å². The van der Waals surface area contributed by atoms with Crippen molar-refractivity contribution in [1.82, 2.24) is 0 Å². The van der Waals surface area contributed by atoms with Gasteiger partial charge in [0.05, 0.1) is 5.69 Å². The van der Waals surface area contributed by atoms with E-state index in [-0.39, 0.29) is 0 Å². The van der Waals surface area contributed by atoms with Crippen LogP contribution in [0.4, 0.5) is 17.1 Å². The molecule has 0 saturated carbocycles. The molecule has 0 saturated heterocycles. The van der Waals surface area contributed by atoms with Crippen molar-refractivity contribution in [3.63, 3.8) is 0 Å². The van der Waals surface area contributed by atoms with Crippen LogP contribution in [0, 0.1) is 0 Å². The van der Waals surface area contributed by atoms with E-state index < -0.39 is 0 Å². The molecule has 0 fully saturated rings. The summed E-state index contributed by atoms with van der Waals surface area (Å²) in [4.78, 5) is 2.41. The van der Waals surface area contributed by atoms with E-state index in [4.69, 9.17) is 8.83 Å². The van der Waals surface area contributed by atoms with Gasteiger partial charge in [-0.1, -0.05) is 188 Å². The highest BCUT2D eigenvalue weighted by Crippen LogP contribution is 2.49. The zero-order valence-corrected chi connectivity index (χ0v) is 34.3. The summed E-state index contributed by atoms with van der Waals surface area (Å²) >= 11 is 0. The molecule has 63 heavy (non-hydrogen) atoms. The summed E-state index contributed by atoms with van der Waals surface area (Å²) in [6.07, 6.45) is 0. The standard InChI is InChI=1S/C60H39NO2/c1-3-16-40(17-4-1)46-20-7-8-22-51(46)58-47(41-18-5-2-6-19-41)24-14-28-54(58)61(44-36-32-42(33-37-44)48-25-15-31-57-59(48)53-23-10-12-30-56(53)62-57)45-38-34-43(35-39-45)49-26-13-27-52-50-21-9-11-29-55(50)63-60(49)52/h1-39H. The van der Waals surface area contributed by atoms with Gasteiger partial charge in [-0.3, -0.25) is 0 Å². The number of nitrogens with zero attached hydrogens (tertiary/aromatic N) is 1. The molecule has 2 heterocycles. The van der Waals surface area contributed by atoms with Crippen LogP contribution in [-0.2, 0) is 0 Å². The summed E-state index contributed by atoms with van der Waals surface area (Å²) in [6, 6.07) is 84.2. The van der Waals surface area contributed by atoms with E-state index in [1.54, 1.807) is 0 Å². The maximum Gasteiger partial charge on any atom is 0.143 e. The molecule has 3 heteroatoms. The van der Waals surface area contributed by atoms with Crippen LogP contribution in [0.1, 0.15) is 0 Å². The summed E-state index contributed by atoms with van der Waals surface area (Å²) < 4.78 is 12.8. The predicted molar refractivity (Wildman–Crippen MR) is 263 cm³/mol. The summed E-state index contributed by atoms with van der Waals surface area (Å²) in [7, 11) is 0. The quantitative estimate of drug-likeness (QED) is 0.153. The molecule has 2 aromatic heterocycles. The smallest absolute Gasteiger partial charge is 0.143 e. The minimum Gasteiger partial charge on any atom is -0.456 e. The van der Waals surface area contributed by atoms with E-state index in [1.165, 1.54) is 11.1 Å². The summed E-state index contributed by atoms with van der Waals surface area (Å²) in [5, 5.41) is 4.49. The molecule has 12 aromatic rings. The highest BCUT2D eigenvalue weighted by Gasteiger charge is 2.23. The Labute approximate surface area is 365 Å². The lowest BCUT2D eigenvalue weighted by molar-refractivity contribution is 0.669. The van der Waals surface area contributed by atoms with E-state index in [1.807, 2.05) is 24.3 Å². The van der Waals surface area contributed by atoms with E-state index in [2.05, 4.69) is 217 Å². The molecule has 12 rings (SSSR count). The number of para-hydroxylation sites is 3. The first-order chi connectivity index (χ1) is 31.3. The summed E-state index contributed by atoms with van der Waals surface area (Å²) in [6.45, 7) is 0. The Morgan fingerprint density at radius 3 is 1.44 bits per heavy atom. The molecule has 0 aliphatic rings. The Balaban J connectivity index is 1.07. The molecule has 0 radical (unpaired) electrons. The number of benzene rings is 10. The molecule has 0 N–H and O–H groups in total. The topological polar surface area (TPSA) is 29.5 Å². The minimum absolute atomic E-state index is 0.886. The normalized spacial score (nSPS) is 11.5. The fourth-order valence-electron chi connectivity index (χ4n) is 9.44. The average molecular weight is 806 g/mol. The summed E-state index contributed by atoms with van der Waals surface area (Å²) in [5.41, 5.74) is 18.1. The number of hydrogen-bond donors (Lipinski definition) is 0. The molecule has 0 aliphatic heterocycles. The second-order valence-electron chi connectivity index (χ2n) is 16.0. The van der Waals surface area contributed by atoms with Gasteiger partial charge in [-0.05, 0) is 93.0 Å². The van der Waals surface area contributed by atoms with Gasteiger partial charge in [-0.25, -0.2) is 0 Å². The molecule has 3 nitrogen and oxygen atoms in total. The average Bonchev–Trinajstić information content (AvgIpc) is 3.94. The minimum atomic E-state index is 0.886. The number of anilines is 3. The van der Waals surface area contributed by atoms with Crippen LogP contribution < -0.4 is 4.90 Å². The Hall–Kier alpha value is -8.40. The fraction of sp³-hybridized carbons (Fsp3) is 0. The first-order valence-electron chi connectivity index (χ1n) is 21.4. The molecule has 0 spiro atoms. The summed E-state index contributed by atoms with van der Waals surface area (Å²) in [5.74, 6) is 0. The maximum atomic E-state index is 6.50. The molecular formula is C60H39NO2. The van der Waals surface area contributed by atoms with Gasteiger partial charge < -0.3 is 13.7 Å². The van der Waals surface area contributed by atoms with Crippen LogP contribution >= 0.6 is 0 Å². The Kier molecular flexibility index (Phi) is 8.83. The zero-order chi connectivity index (χ0) is 41.7. The fourth-order valence-corrected chi connectivity index (χ4v) is 9.44. The van der Waals surface area contributed by atoms with Crippen LogP contribution in [0.3, 0.4) is 0 Å². The molecular weight excluding hydrogens is 767 g/mol. The van der Waals surface area contributed by atoms with Crippen molar-refractivity contribution in [2.75, 3.05) is 4.90 Å². The van der Waals surface area contributed by atoms with Gasteiger partial charge in [0.2, 0.25) is 0 Å². The van der Waals surface area contributed by atoms with Crippen molar-refractivity contribution in [3.8, 4) is 55.6 Å².